The van der Waals surface area contributed by atoms with E-state index in [1.807, 2.05) is 54.6 Å². The van der Waals surface area contributed by atoms with E-state index in [4.69, 9.17) is 9.47 Å². The van der Waals surface area contributed by atoms with Gasteiger partial charge >= 0.3 is 0 Å². The van der Waals surface area contributed by atoms with Crippen molar-refractivity contribution >= 4 is 11.5 Å². The highest BCUT2D eigenvalue weighted by atomic mass is 16.5. The summed E-state index contributed by atoms with van der Waals surface area (Å²) in [6, 6.07) is 17.5. The third-order valence-corrected chi connectivity index (χ3v) is 3.34. The number of aromatic amines is 1. The van der Waals surface area contributed by atoms with Gasteiger partial charge in [0.1, 0.15) is 11.5 Å². The highest BCUT2D eigenvalue weighted by Crippen LogP contribution is 2.24. The molecule has 0 fully saturated rings. The highest BCUT2D eigenvalue weighted by Gasteiger charge is 2.04. The van der Waals surface area contributed by atoms with Crippen LogP contribution in [0.25, 0.3) is 11.3 Å². The molecule has 3 rings (SSSR count). The van der Waals surface area contributed by atoms with Crippen LogP contribution in [-0.4, -0.2) is 24.4 Å². The summed E-state index contributed by atoms with van der Waals surface area (Å²) in [5.74, 6) is 2.42. The van der Waals surface area contributed by atoms with Crippen LogP contribution in [0.2, 0.25) is 0 Å². The highest BCUT2D eigenvalue weighted by molar-refractivity contribution is 5.66. The van der Waals surface area contributed by atoms with E-state index in [2.05, 4.69) is 15.5 Å². The minimum absolute atomic E-state index is 0.760. The molecule has 3 aromatic rings. The van der Waals surface area contributed by atoms with Crippen LogP contribution < -0.4 is 14.8 Å². The largest absolute Gasteiger partial charge is 0.497 e. The molecule has 0 aliphatic carbocycles. The van der Waals surface area contributed by atoms with Gasteiger partial charge in [-0.1, -0.05) is 0 Å². The second-order valence-corrected chi connectivity index (χ2v) is 4.75. The Morgan fingerprint density at radius 3 is 2.05 bits per heavy atom. The molecule has 2 aromatic carbocycles. The Morgan fingerprint density at radius 2 is 1.45 bits per heavy atom. The molecule has 0 aliphatic heterocycles. The second-order valence-electron chi connectivity index (χ2n) is 4.75. The van der Waals surface area contributed by atoms with E-state index in [1.165, 1.54) is 0 Å². The maximum atomic E-state index is 5.16. The van der Waals surface area contributed by atoms with E-state index >= 15 is 0 Å². The van der Waals surface area contributed by atoms with Crippen molar-refractivity contribution in [3.63, 3.8) is 0 Å². The first kappa shape index (κ1) is 14.0. The Kier molecular flexibility index (Phi) is 3.96. The number of nitrogens with zero attached hydrogens (tertiary/aromatic N) is 1. The standard InChI is InChI=1S/C17H17N3O2/c1-21-14-7-3-12(4-8-14)16-11-17(20-19-16)18-13-5-9-15(22-2)10-6-13/h3-11H,1-2H3,(H2,18,19,20). The Labute approximate surface area is 128 Å². The van der Waals surface area contributed by atoms with Crippen LogP contribution in [-0.2, 0) is 0 Å². The van der Waals surface area contributed by atoms with Crippen LogP contribution in [0, 0.1) is 0 Å². The molecule has 0 unspecified atom stereocenters. The van der Waals surface area contributed by atoms with Crippen molar-refractivity contribution in [2.24, 2.45) is 0 Å². The minimum Gasteiger partial charge on any atom is -0.497 e. The average Bonchev–Trinajstić information content (AvgIpc) is 3.04. The predicted octanol–water partition coefficient (Wildman–Crippen LogP) is 3.84. The molecule has 0 spiro atoms. The summed E-state index contributed by atoms with van der Waals surface area (Å²) in [4.78, 5) is 0. The van der Waals surface area contributed by atoms with Crippen LogP contribution in [0.5, 0.6) is 11.5 Å². The molecular formula is C17H17N3O2. The van der Waals surface area contributed by atoms with E-state index in [-0.39, 0.29) is 0 Å². The van der Waals surface area contributed by atoms with Crippen molar-refractivity contribution in [1.29, 1.82) is 0 Å². The molecule has 0 saturated heterocycles. The van der Waals surface area contributed by atoms with E-state index in [0.29, 0.717) is 0 Å². The zero-order valence-electron chi connectivity index (χ0n) is 12.5. The summed E-state index contributed by atoms with van der Waals surface area (Å²) in [6.45, 7) is 0. The van der Waals surface area contributed by atoms with Gasteiger partial charge in [-0.15, -0.1) is 0 Å². The fourth-order valence-electron chi connectivity index (χ4n) is 2.13. The number of rotatable bonds is 5. The van der Waals surface area contributed by atoms with Gasteiger partial charge in [-0.2, -0.15) is 5.10 Å². The minimum atomic E-state index is 0.760. The van der Waals surface area contributed by atoms with Gasteiger partial charge in [0.25, 0.3) is 0 Å². The number of nitrogens with one attached hydrogen (secondary N) is 2. The van der Waals surface area contributed by atoms with Crippen molar-refractivity contribution in [1.82, 2.24) is 10.2 Å². The molecule has 112 valence electrons. The number of methoxy groups -OCH3 is 2. The number of hydrogen-bond donors (Lipinski definition) is 2. The molecule has 0 saturated carbocycles. The summed E-state index contributed by atoms with van der Waals surface area (Å²) in [5, 5.41) is 10.5. The van der Waals surface area contributed by atoms with E-state index < -0.39 is 0 Å². The lowest BCUT2D eigenvalue weighted by Crippen LogP contribution is -1.90. The third-order valence-electron chi connectivity index (χ3n) is 3.34. The Bertz CT molecular complexity index is 733. The van der Waals surface area contributed by atoms with E-state index in [0.717, 1.165) is 34.3 Å². The smallest absolute Gasteiger partial charge is 0.152 e. The number of hydrogen-bond acceptors (Lipinski definition) is 4. The molecule has 0 aliphatic rings. The van der Waals surface area contributed by atoms with Gasteiger partial charge in [0.05, 0.1) is 19.9 Å². The molecular weight excluding hydrogens is 278 g/mol. The fraction of sp³-hybridized carbons (Fsp3) is 0.118. The molecule has 5 nitrogen and oxygen atoms in total. The number of ether oxygens (including phenoxy) is 2. The lowest BCUT2D eigenvalue weighted by Gasteiger charge is -2.04. The molecule has 0 radical (unpaired) electrons. The average molecular weight is 295 g/mol. The Hall–Kier alpha value is -2.95. The first-order chi connectivity index (χ1) is 10.8. The SMILES string of the molecule is COc1ccc(Nc2cc(-c3ccc(OC)cc3)[nH]n2)cc1. The van der Waals surface area contributed by atoms with Crippen LogP contribution in [0.1, 0.15) is 0 Å². The van der Waals surface area contributed by atoms with Crippen LogP contribution >= 0.6 is 0 Å². The van der Waals surface area contributed by atoms with Gasteiger partial charge in [-0.3, -0.25) is 5.10 Å². The summed E-state index contributed by atoms with van der Waals surface area (Å²) >= 11 is 0. The topological polar surface area (TPSA) is 59.2 Å². The van der Waals surface area contributed by atoms with Gasteiger partial charge in [-0.25, -0.2) is 0 Å². The van der Waals surface area contributed by atoms with Gasteiger partial charge in [0.2, 0.25) is 0 Å². The van der Waals surface area contributed by atoms with Crippen molar-refractivity contribution < 1.29 is 9.47 Å². The zero-order chi connectivity index (χ0) is 15.4. The predicted molar refractivity (Wildman–Crippen MR) is 86.9 cm³/mol. The molecule has 0 bridgehead atoms. The van der Waals surface area contributed by atoms with Gasteiger partial charge < -0.3 is 14.8 Å². The van der Waals surface area contributed by atoms with Crippen LogP contribution in [0.15, 0.2) is 54.6 Å². The summed E-state index contributed by atoms with van der Waals surface area (Å²) in [7, 11) is 3.30. The van der Waals surface area contributed by atoms with E-state index in [1.54, 1.807) is 14.2 Å². The maximum Gasteiger partial charge on any atom is 0.152 e. The molecule has 0 amide bonds. The van der Waals surface area contributed by atoms with E-state index in [9.17, 15) is 0 Å². The summed E-state index contributed by atoms with van der Waals surface area (Å²) in [6.07, 6.45) is 0. The Balaban J connectivity index is 1.74. The van der Waals surface area contributed by atoms with Gasteiger partial charge in [-0.05, 0) is 54.1 Å². The molecule has 2 N–H and O–H groups in total. The first-order valence-corrected chi connectivity index (χ1v) is 6.89. The van der Waals surface area contributed by atoms with Gasteiger partial charge in [0.15, 0.2) is 5.82 Å². The van der Waals surface area contributed by atoms with Crippen molar-refractivity contribution in [2.75, 3.05) is 19.5 Å². The fourth-order valence-corrected chi connectivity index (χ4v) is 2.13. The number of H-pyrrole nitrogens is 1. The van der Waals surface area contributed by atoms with Crippen LogP contribution in [0.3, 0.4) is 0 Å². The summed E-state index contributed by atoms with van der Waals surface area (Å²) < 4.78 is 10.3. The lowest BCUT2D eigenvalue weighted by atomic mass is 10.1. The van der Waals surface area contributed by atoms with Crippen LogP contribution in [0.4, 0.5) is 11.5 Å². The normalized spacial score (nSPS) is 10.3. The van der Waals surface area contributed by atoms with Crippen molar-refractivity contribution in [3.05, 3.63) is 54.6 Å². The Morgan fingerprint density at radius 1 is 0.864 bits per heavy atom. The molecule has 1 heterocycles. The third kappa shape index (κ3) is 3.03. The summed E-state index contributed by atoms with van der Waals surface area (Å²) in [5.41, 5.74) is 2.95. The van der Waals surface area contributed by atoms with Crippen molar-refractivity contribution in [2.45, 2.75) is 0 Å². The number of aromatic nitrogens is 2. The second kappa shape index (κ2) is 6.22. The van der Waals surface area contributed by atoms with Gasteiger partial charge in [0, 0.05) is 11.8 Å². The lowest BCUT2D eigenvalue weighted by molar-refractivity contribution is 0.415. The number of benzene rings is 2. The molecule has 1 aromatic heterocycles. The first-order valence-electron chi connectivity index (χ1n) is 6.89. The zero-order valence-corrected chi connectivity index (χ0v) is 12.5. The number of anilines is 2. The molecule has 22 heavy (non-hydrogen) atoms. The van der Waals surface area contributed by atoms with Crippen molar-refractivity contribution in [3.8, 4) is 22.8 Å². The molecule has 0 atom stereocenters. The quantitative estimate of drug-likeness (QED) is 0.751. The molecule has 5 heteroatoms. The maximum absolute atomic E-state index is 5.16. The monoisotopic (exact) mass is 295 g/mol.